The van der Waals surface area contributed by atoms with Gasteiger partial charge >= 0.3 is 6.09 Å². The van der Waals surface area contributed by atoms with Crippen LogP contribution in [0.2, 0.25) is 0 Å². The number of rotatable bonds is 4. The first-order valence-corrected chi connectivity index (χ1v) is 11.5. The van der Waals surface area contributed by atoms with Crippen molar-refractivity contribution in [3.05, 3.63) is 30.0 Å². The van der Waals surface area contributed by atoms with Gasteiger partial charge in [0.2, 0.25) is 0 Å². The summed E-state index contributed by atoms with van der Waals surface area (Å²) in [6, 6.07) is 8.43. The monoisotopic (exact) mass is 452 g/mol. The summed E-state index contributed by atoms with van der Waals surface area (Å²) in [5, 5.41) is 17.5. The van der Waals surface area contributed by atoms with Crippen LogP contribution in [0, 0.1) is 11.3 Å². The SMILES string of the molecule is CC1COCCN1c1cc(C2(C#N)CCCC2)cc(Nc2ccnn2C(=O)OC(C)(C)C)n1. The molecule has 1 aliphatic heterocycles. The van der Waals surface area contributed by atoms with Gasteiger partial charge in [0.05, 0.1) is 36.9 Å². The lowest BCUT2D eigenvalue weighted by atomic mass is 9.80. The molecule has 3 heterocycles. The minimum atomic E-state index is -0.639. The maximum absolute atomic E-state index is 12.6. The maximum Gasteiger partial charge on any atom is 0.437 e. The van der Waals surface area contributed by atoms with Crippen molar-refractivity contribution >= 4 is 23.5 Å². The van der Waals surface area contributed by atoms with Crippen molar-refractivity contribution in [3.63, 3.8) is 0 Å². The van der Waals surface area contributed by atoms with Crippen LogP contribution in [0.25, 0.3) is 0 Å². The van der Waals surface area contributed by atoms with E-state index in [0.717, 1.165) is 43.6 Å². The number of ether oxygens (including phenoxy) is 2. The number of nitrogens with zero attached hydrogens (tertiary/aromatic N) is 5. The van der Waals surface area contributed by atoms with Crippen LogP contribution >= 0.6 is 0 Å². The number of carbonyl (C=O) groups is 1. The molecule has 1 saturated carbocycles. The van der Waals surface area contributed by atoms with Crippen LogP contribution in [0.5, 0.6) is 0 Å². The van der Waals surface area contributed by atoms with Crippen LogP contribution in [0.15, 0.2) is 24.4 Å². The Morgan fingerprint density at radius 3 is 2.76 bits per heavy atom. The molecule has 2 fully saturated rings. The van der Waals surface area contributed by atoms with Gasteiger partial charge in [0.1, 0.15) is 23.1 Å². The zero-order valence-corrected chi connectivity index (χ0v) is 19.8. The molecule has 1 unspecified atom stereocenters. The molecule has 1 saturated heterocycles. The van der Waals surface area contributed by atoms with Crippen molar-refractivity contribution in [2.45, 2.75) is 70.4 Å². The molecule has 4 rings (SSSR count). The van der Waals surface area contributed by atoms with E-state index >= 15 is 0 Å². The Hall–Kier alpha value is -3.12. The van der Waals surface area contributed by atoms with Crippen LogP contribution in [-0.4, -0.2) is 52.3 Å². The van der Waals surface area contributed by atoms with Gasteiger partial charge in [0.15, 0.2) is 0 Å². The van der Waals surface area contributed by atoms with E-state index in [-0.39, 0.29) is 6.04 Å². The number of aromatic nitrogens is 3. The fourth-order valence-corrected chi connectivity index (χ4v) is 4.49. The summed E-state index contributed by atoms with van der Waals surface area (Å²) < 4.78 is 12.3. The summed E-state index contributed by atoms with van der Waals surface area (Å²) in [5.74, 6) is 1.82. The molecule has 2 aromatic rings. The quantitative estimate of drug-likeness (QED) is 0.729. The number of morpholine rings is 1. The first-order valence-electron chi connectivity index (χ1n) is 11.5. The highest BCUT2D eigenvalue weighted by molar-refractivity contribution is 5.75. The molecule has 1 aliphatic carbocycles. The smallest absolute Gasteiger partial charge is 0.437 e. The van der Waals surface area contributed by atoms with Gasteiger partial charge in [-0.3, -0.25) is 0 Å². The normalized spacial score (nSPS) is 20.3. The standard InChI is InChI=1S/C24H32N6O3/c1-17-15-32-12-11-29(17)21-14-18(24(16-25)8-5-6-9-24)13-19(28-21)27-20-7-10-26-30(20)22(31)33-23(2,3)4/h7,10,13-14,17H,5-6,8-9,11-12,15H2,1-4H3,(H,27,28). The average molecular weight is 453 g/mol. The summed E-state index contributed by atoms with van der Waals surface area (Å²) in [5.41, 5.74) is -0.202. The van der Waals surface area contributed by atoms with Gasteiger partial charge in [-0.25, -0.2) is 9.78 Å². The lowest BCUT2D eigenvalue weighted by Crippen LogP contribution is -2.44. The molecule has 1 N–H and O–H groups in total. The summed E-state index contributed by atoms with van der Waals surface area (Å²) in [7, 11) is 0. The number of hydrogen-bond acceptors (Lipinski definition) is 8. The van der Waals surface area contributed by atoms with Crippen molar-refractivity contribution in [3.8, 4) is 6.07 Å². The highest BCUT2D eigenvalue weighted by Gasteiger charge is 2.37. The maximum atomic E-state index is 12.6. The van der Waals surface area contributed by atoms with Crippen LogP contribution in [0.4, 0.5) is 22.2 Å². The number of nitrogens with one attached hydrogen (secondary N) is 1. The Morgan fingerprint density at radius 2 is 2.09 bits per heavy atom. The zero-order chi connectivity index (χ0) is 23.6. The predicted octanol–water partition coefficient (Wildman–Crippen LogP) is 4.37. The summed E-state index contributed by atoms with van der Waals surface area (Å²) in [6.07, 6.45) is 4.70. The second-order valence-corrected chi connectivity index (χ2v) is 9.85. The van der Waals surface area contributed by atoms with Gasteiger partial charge in [-0.05, 0) is 58.2 Å². The second-order valence-electron chi connectivity index (χ2n) is 9.85. The van der Waals surface area contributed by atoms with Crippen molar-refractivity contribution < 1.29 is 14.3 Å². The van der Waals surface area contributed by atoms with Gasteiger partial charge in [-0.2, -0.15) is 10.4 Å². The van der Waals surface area contributed by atoms with Gasteiger partial charge in [-0.1, -0.05) is 12.8 Å². The van der Waals surface area contributed by atoms with Gasteiger partial charge in [0, 0.05) is 12.6 Å². The Morgan fingerprint density at radius 1 is 1.33 bits per heavy atom. The Bertz CT molecular complexity index is 1050. The van der Waals surface area contributed by atoms with E-state index in [0.29, 0.717) is 24.8 Å². The lowest BCUT2D eigenvalue weighted by molar-refractivity contribution is 0.0519. The number of pyridine rings is 1. The van der Waals surface area contributed by atoms with E-state index in [1.54, 1.807) is 6.07 Å². The van der Waals surface area contributed by atoms with E-state index in [2.05, 4.69) is 28.3 Å². The first kappa shape index (κ1) is 23.1. The molecule has 0 aromatic carbocycles. The molecule has 33 heavy (non-hydrogen) atoms. The fraction of sp³-hybridized carbons (Fsp3) is 0.583. The zero-order valence-electron chi connectivity index (χ0n) is 19.8. The molecule has 0 radical (unpaired) electrons. The van der Waals surface area contributed by atoms with Crippen molar-refractivity contribution in [1.29, 1.82) is 5.26 Å². The molecular formula is C24H32N6O3. The molecule has 1 atom stereocenters. The largest absolute Gasteiger partial charge is 0.442 e. The van der Waals surface area contributed by atoms with Gasteiger partial charge < -0.3 is 19.7 Å². The number of anilines is 3. The van der Waals surface area contributed by atoms with Crippen LogP contribution in [-0.2, 0) is 14.9 Å². The summed E-state index contributed by atoms with van der Waals surface area (Å²) in [6.45, 7) is 9.53. The molecular weight excluding hydrogens is 420 g/mol. The predicted molar refractivity (Wildman–Crippen MR) is 125 cm³/mol. The van der Waals surface area contributed by atoms with Crippen molar-refractivity contribution in [1.82, 2.24) is 14.8 Å². The fourth-order valence-electron chi connectivity index (χ4n) is 4.49. The van der Waals surface area contributed by atoms with Gasteiger partial charge in [-0.15, -0.1) is 4.68 Å². The summed E-state index contributed by atoms with van der Waals surface area (Å²) >= 11 is 0. The van der Waals surface area contributed by atoms with Crippen molar-refractivity contribution in [2.75, 3.05) is 30.0 Å². The Balaban J connectivity index is 1.71. The number of hydrogen-bond donors (Lipinski definition) is 1. The highest BCUT2D eigenvalue weighted by atomic mass is 16.6. The highest BCUT2D eigenvalue weighted by Crippen LogP contribution is 2.42. The van der Waals surface area contributed by atoms with Crippen LogP contribution < -0.4 is 10.2 Å². The van der Waals surface area contributed by atoms with E-state index in [4.69, 9.17) is 14.5 Å². The summed E-state index contributed by atoms with van der Waals surface area (Å²) in [4.78, 5) is 19.7. The minimum absolute atomic E-state index is 0.170. The molecule has 0 amide bonds. The third-order valence-corrected chi connectivity index (χ3v) is 6.16. The second kappa shape index (κ2) is 9.02. The minimum Gasteiger partial charge on any atom is -0.442 e. The van der Waals surface area contributed by atoms with Crippen LogP contribution in [0.1, 0.15) is 58.9 Å². The molecule has 0 spiro atoms. The van der Waals surface area contributed by atoms with Crippen LogP contribution in [0.3, 0.4) is 0 Å². The van der Waals surface area contributed by atoms with Crippen molar-refractivity contribution in [2.24, 2.45) is 0 Å². The molecule has 2 aliphatic rings. The Kier molecular flexibility index (Phi) is 6.30. The molecule has 9 heteroatoms. The van der Waals surface area contributed by atoms with E-state index in [1.807, 2.05) is 32.9 Å². The van der Waals surface area contributed by atoms with Gasteiger partial charge in [0.25, 0.3) is 0 Å². The average Bonchev–Trinajstić information content (AvgIpc) is 3.43. The lowest BCUT2D eigenvalue weighted by Gasteiger charge is -2.35. The third-order valence-electron chi connectivity index (χ3n) is 6.16. The Labute approximate surface area is 194 Å². The molecule has 176 valence electrons. The van der Waals surface area contributed by atoms with E-state index in [1.165, 1.54) is 10.9 Å². The molecule has 2 aromatic heterocycles. The molecule has 0 bridgehead atoms. The topological polar surface area (TPSA) is 105 Å². The third kappa shape index (κ3) is 4.96. The van der Waals surface area contributed by atoms with E-state index < -0.39 is 17.1 Å². The van der Waals surface area contributed by atoms with E-state index in [9.17, 15) is 10.1 Å². The molecule has 9 nitrogen and oxygen atoms in total. The first-order chi connectivity index (χ1) is 15.7. The number of nitriles is 1. The number of carbonyl (C=O) groups excluding carboxylic acids is 1.